The molecule has 6 nitrogen and oxygen atoms in total. The van der Waals surface area contributed by atoms with Crippen molar-refractivity contribution in [2.75, 3.05) is 12.0 Å². The second-order valence-electron chi connectivity index (χ2n) is 5.45. The second kappa shape index (κ2) is 6.27. The molecular weight excluding hydrogens is 313 g/mol. The van der Waals surface area contributed by atoms with E-state index in [1.807, 2.05) is 0 Å². The molecule has 0 atom stereocenters. The van der Waals surface area contributed by atoms with Gasteiger partial charge in [-0.05, 0) is 26.0 Å². The summed E-state index contributed by atoms with van der Waals surface area (Å²) in [6.45, 7) is 1.49. The molecule has 0 aliphatic heterocycles. The number of rotatable bonds is 5. The fraction of sp³-hybridized carbons (Fsp3) is 0.357. The number of aromatic nitrogens is 3. The number of alkyl halides is 3. The Hall–Kier alpha value is -2.58. The van der Waals surface area contributed by atoms with Crippen LogP contribution in [0.5, 0.6) is 5.88 Å². The molecule has 0 aliphatic carbocycles. The van der Waals surface area contributed by atoms with Crippen LogP contribution in [0.4, 0.5) is 13.2 Å². The van der Waals surface area contributed by atoms with E-state index < -0.39 is 24.1 Å². The number of carbonyl (C=O) groups excluding carboxylic acids is 1. The van der Waals surface area contributed by atoms with Gasteiger partial charge in [0.05, 0.1) is 17.2 Å². The third-order valence-electron chi connectivity index (χ3n) is 3.05. The van der Waals surface area contributed by atoms with E-state index in [2.05, 4.69) is 15.5 Å². The van der Waals surface area contributed by atoms with Crippen LogP contribution in [0, 0.1) is 5.41 Å². The molecule has 2 heterocycles. The van der Waals surface area contributed by atoms with Crippen molar-refractivity contribution in [2.24, 2.45) is 5.41 Å². The van der Waals surface area contributed by atoms with Crippen LogP contribution in [0.2, 0.25) is 0 Å². The molecule has 124 valence electrons. The lowest BCUT2D eigenvalue weighted by atomic mass is 9.94. The van der Waals surface area contributed by atoms with Gasteiger partial charge in [-0.3, -0.25) is 9.78 Å². The molecule has 2 aromatic rings. The molecule has 2 aromatic heterocycles. The van der Waals surface area contributed by atoms with Crippen LogP contribution in [0.1, 0.15) is 24.2 Å². The molecule has 1 amide bonds. The van der Waals surface area contributed by atoms with Gasteiger partial charge in [-0.25, -0.2) is 5.43 Å². The molecule has 2 rings (SSSR count). The Morgan fingerprint density at radius 1 is 1.35 bits per heavy atom. The lowest BCUT2D eigenvalue weighted by molar-refractivity contribution is -0.219. The average molecular weight is 328 g/mol. The van der Waals surface area contributed by atoms with E-state index in [0.717, 1.165) is 18.6 Å². The molecule has 0 spiro atoms. The summed E-state index contributed by atoms with van der Waals surface area (Å²) in [5.41, 5.74) is 0.749. The number of carbonyl (C=O) groups is 1. The number of hydrogen-bond acceptors (Lipinski definition) is 4. The highest BCUT2D eigenvalue weighted by Crippen LogP contribution is 2.37. The van der Waals surface area contributed by atoms with Gasteiger partial charge in [0.1, 0.15) is 6.61 Å². The van der Waals surface area contributed by atoms with Gasteiger partial charge >= 0.3 is 6.18 Å². The van der Waals surface area contributed by atoms with Crippen LogP contribution in [0.3, 0.4) is 0 Å². The number of amides is 1. The highest BCUT2D eigenvalue weighted by molar-refractivity contribution is 5.99. The van der Waals surface area contributed by atoms with E-state index >= 15 is 0 Å². The zero-order valence-corrected chi connectivity index (χ0v) is 12.5. The van der Waals surface area contributed by atoms with Gasteiger partial charge in [0.25, 0.3) is 5.91 Å². The SMILES string of the molecule is CC(C)(COc1ccn(NC(=O)c2cccnc2)n1)C(F)(F)F. The van der Waals surface area contributed by atoms with Gasteiger partial charge in [0, 0.05) is 18.5 Å². The van der Waals surface area contributed by atoms with Crippen molar-refractivity contribution >= 4 is 5.91 Å². The first-order valence-corrected chi connectivity index (χ1v) is 6.66. The van der Waals surface area contributed by atoms with Crippen LogP contribution >= 0.6 is 0 Å². The van der Waals surface area contributed by atoms with Crippen molar-refractivity contribution in [1.29, 1.82) is 0 Å². The van der Waals surface area contributed by atoms with Crippen LogP contribution in [-0.4, -0.2) is 33.6 Å². The van der Waals surface area contributed by atoms with Crippen molar-refractivity contribution < 1.29 is 22.7 Å². The minimum absolute atomic E-state index is 0.0196. The largest absolute Gasteiger partial charge is 0.476 e. The lowest BCUT2D eigenvalue weighted by Gasteiger charge is -2.26. The summed E-state index contributed by atoms with van der Waals surface area (Å²) < 4.78 is 43.2. The summed E-state index contributed by atoms with van der Waals surface area (Å²) in [6, 6.07) is 4.52. The Bertz CT molecular complexity index is 668. The van der Waals surface area contributed by atoms with E-state index in [9.17, 15) is 18.0 Å². The monoisotopic (exact) mass is 328 g/mol. The zero-order valence-electron chi connectivity index (χ0n) is 12.5. The van der Waals surface area contributed by atoms with Crippen LogP contribution in [-0.2, 0) is 0 Å². The van der Waals surface area contributed by atoms with Gasteiger partial charge in [-0.2, -0.15) is 18.0 Å². The van der Waals surface area contributed by atoms with E-state index in [0.29, 0.717) is 5.56 Å². The highest BCUT2D eigenvalue weighted by Gasteiger charge is 2.48. The average Bonchev–Trinajstić information content (AvgIpc) is 2.92. The molecule has 0 aromatic carbocycles. The van der Waals surface area contributed by atoms with Gasteiger partial charge in [-0.15, -0.1) is 5.10 Å². The predicted octanol–water partition coefficient (Wildman–Crippen LogP) is 2.63. The summed E-state index contributed by atoms with van der Waals surface area (Å²) in [4.78, 5) is 16.7. The van der Waals surface area contributed by atoms with Crippen LogP contribution in [0.15, 0.2) is 36.8 Å². The third kappa shape index (κ3) is 4.21. The molecule has 0 bridgehead atoms. The molecular formula is C14H15F3N4O2. The smallest absolute Gasteiger partial charge is 0.397 e. The Kier molecular flexibility index (Phi) is 4.57. The van der Waals surface area contributed by atoms with Gasteiger partial charge in [0.2, 0.25) is 5.88 Å². The molecule has 23 heavy (non-hydrogen) atoms. The topological polar surface area (TPSA) is 69.0 Å². The number of nitrogens with zero attached hydrogens (tertiary/aromatic N) is 3. The Labute approximate surface area is 130 Å². The molecule has 1 N–H and O–H groups in total. The number of pyridine rings is 1. The third-order valence-corrected chi connectivity index (χ3v) is 3.05. The first-order chi connectivity index (χ1) is 10.7. The first kappa shape index (κ1) is 16.8. The molecule has 0 radical (unpaired) electrons. The fourth-order valence-electron chi connectivity index (χ4n) is 1.45. The maximum atomic E-state index is 12.7. The van der Waals surface area contributed by atoms with Gasteiger partial charge < -0.3 is 4.74 Å². The zero-order chi connectivity index (χ0) is 17.1. The van der Waals surface area contributed by atoms with Crippen molar-refractivity contribution in [2.45, 2.75) is 20.0 Å². The summed E-state index contributed by atoms with van der Waals surface area (Å²) in [5, 5.41) is 3.84. The maximum Gasteiger partial charge on any atom is 0.397 e. The normalized spacial score (nSPS) is 12.0. The summed E-state index contributed by atoms with van der Waals surface area (Å²) in [7, 11) is 0. The van der Waals surface area contributed by atoms with E-state index in [-0.39, 0.29) is 5.88 Å². The standard InChI is InChI=1S/C14H15F3N4O2/c1-13(2,14(15,16)17)9-23-11-5-7-21(19-11)20-12(22)10-4-3-6-18-8-10/h3-8H,9H2,1-2H3,(H,20,22). The van der Waals surface area contributed by atoms with Crippen LogP contribution in [0.25, 0.3) is 0 Å². The highest BCUT2D eigenvalue weighted by atomic mass is 19.4. The van der Waals surface area contributed by atoms with E-state index in [4.69, 9.17) is 4.74 Å². The second-order valence-corrected chi connectivity index (χ2v) is 5.45. The van der Waals surface area contributed by atoms with Gasteiger partial charge in [0.15, 0.2) is 0 Å². The van der Waals surface area contributed by atoms with Gasteiger partial charge in [-0.1, -0.05) is 0 Å². The molecule has 0 saturated heterocycles. The summed E-state index contributed by atoms with van der Waals surface area (Å²) in [6.07, 6.45) is -0.116. The number of ether oxygens (including phenoxy) is 1. The van der Waals surface area contributed by atoms with Crippen molar-refractivity contribution in [1.82, 2.24) is 14.9 Å². The van der Waals surface area contributed by atoms with Crippen molar-refractivity contribution in [3.05, 3.63) is 42.4 Å². The molecule has 0 unspecified atom stereocenters. The van der Waals surface area contributed by atoms with Crippen LogP contribution < -0.4 is 10.2 Å². The summed E-state index contributed by atoms with van der Waals surface area (Å²) >= 11 is 0. The quantitative estimate of drug-likeness (QED) is 0.916. The Morgan fingerprint density at radius 3 is 2.70 bits per heavy atom. The Balaban J connectivity index is 1.95. The minimum atomic E-state index is -4.38. The summed E-state index contributed by atoms with van der Waals surface area (Å²) in [5.74, 6) is -0.475. The first-order valence-electron chi connectivity index (χ1n) is 6.66. The van der Waals surface area contributed by atoms with E-state index in [1.165, 1.54) is 24.7 Å². The molecule has 0 saturated carbocycles. The fourth-order valence-corrected chi connectivity index (χ4v) is 1.45. The maximum absolute atomic E-state index is 12.7. The molecule has 0 aliphatic rings. The van der Waals surface area contributed by atoms with Crippen molar-refractivity contribution in [3.63, 3.8) is 0 Å². The molecule has 0 fully saturated rings. The minimum Gasteiger partial charge on any atom is -0.476 e. The number of halogens is 3. The van der Waals surface area contributed by atoms with E-state index in [1.54, 1.807) is 12.1 Å². The number of nitrogens with one attached hydrogen (secondary N) is 1. The Morgan fingerprint density at radius 2 is 2.09 bits per heavy atom. The number of hydrogen-bond donors (Lipinski definition) is 1. The molecule has 9 heteroatoms. The van der Waals surface area contributed by atoms with Crippen molar-refractivity contribution in [3.8, 4) is 5.88 Å². The predicted molar refractivity (Wildman–Crippen MR) is 75.5 cm³/mol. The lowest BCUT2D eigenvalue weighted by Crippen LogP contribution is -2.37.